The number of fused-ring (bicyclic) bond motifs is 1. The summed E-state index contributed by atoms with van der Waals surface area (Å²) in [6.07, 6.45) is 0.912. The second-order valence-corrected chi connectivity index (χ2v) is 6.68. The van der Waals surface area contributed by atoms with E-state index in [1.165, 1.54) is 0 Å². The van der Waals surface area contributed by atoms with Crippen molar-refractivity contribution < 1.29 is 5.11 Å². The van der Waals surface area contributed by atoms with Gasteiger partial charge in [-0.3, -0.25) is 0 Å². The first kappa shape index (κ1) is 18.1. The van der Waals surface area contributed by atoms with Crippen LogP contribution < -0.4 is 5.32 Å². The molecule has 0 aliphatic carbocycles. The van der Waals surface area contributed by atoms with E-state index in [-0.39, 0.29) is 11.0 Å². The normalized spacial score (nSPS) is 11.3. The molecule has 26 heavy (non-hydrogen) atoms. The maximum absolute atomic E-state index is 10.6. The molecule has 0 radical (unpaired) electrons. The Kier molecular flexibility index (Phi) is 5.32. The first-order chi connectivity index (χ1) is 12.5. The summed E-state index contributed by atoms with van der Waals surface area (Å²) in [4.78, 5) is 0. The van der Waals surface area contributed by atoms with Gasteiger partial charge < -0.3 is 15.0 Å². The molecule has 3 rings (SSSR count). The van der Waals surface area contributed by atoms with Crippen LogP contribution in [0.4, 0.5) is 11.4 Å². The molecule has 0 unspecified atom stereocenters. The fourth-order valence-corrected chi connectivity index (χ4v) is 3.08. The highest BCUT2D eigenvalue weighted by Gasteiger charge is 2.15. The molecule has 0 saturated carbocycles. The fourth-order valence-electron chi connectivity index (χ4n) is 2.93. The number of azo groups is 1. The summed E-state index contributed by atoms with van der Waals surface area (Å²) in [5.74, 6) is 0.117. The summed E-state index contributed by atoms with van der Waals surface area (Å²) in [7, 11) is 0. The number of thiocarbonyl (C=S) groups is 1. The first-order valence-corrected chi connectivity index (χ1v) is 9.02. The van der Waals surface area contributed by atoms with Crippen molar-refractivity contribution in [3.8, 4) is 5.88 Å². The lowest BCUT2D eigenvalue weighted by molar-refractivity contribution is 0.421. The molecule has 1 heterocycles. The van der Waals surface area contributed by atoms with E-state index in [0.717, 1.165) is 34.1 Å². The van der Waals surface area contributed by atoms with Crippen LogP contribution in [0.2, 0.25) is 0 Å². The van der Waals surface area contributed by atoms with Gasteiger partial charge in [0, 0.05) is 17.6 Å². The highest BCUT2D eigenvalue weighted by Crippen LogP contribution is 2.38. The molecule has 0 amide bonds. The topological polar surface area (TPSA) is 61.9 Å². The van der Waals surface area contributed by atoms with Crippen molar-refractivity contribution in [2.45, 2.75) is 33.7 Å². The van der Waals surface area contributed by atoms with Gasteiger partial charge in [0.25, 0.3) is 0 Å². The maximum atomic E-state index is 10.6. The van der Waals surface area contributed by atoms with Gasteiger partial charge in [0.2, 0.25) is 11.0 Å². The molecule has 0 spiro atoms. The molecule has 5 nitrogen and oxygen atoms in total. The van der Waals surface area contributed by atoms with Crippen LogP contribution in [0.1, 0.15) is 24.5 Å². The summed E-state index contributed by atoms with van der Waals surface area (Å²) in [6, 6.07) is 13.9. The summed E-state index contributed by atoms with van der Waals surface area (Å²) in [6.45, 7) is 6.81. The van der Waals surface area contributed by atoms with Gasteiger partial charge in [-0.15, -0.1) is 10.2 Å². The fraction of sp³-hybridized carbons (Fsp3) is 0.250. The van der Waals surface area contributed by atoms with Crippen LogP contribution in [0.15, 0.2) is 52.7 Å². The number of aromatic nitrogens is 1. The van der Waals surface area contributed by atoms with E-state index in [2.05, 4.69) is 22.5 Å². The van der Waals surface area contributed by atoms with Crippen LogP contribution >= 0.6 is 12.2 Å². The molecule has 6 heteroatoms. The number of hydrogen-bond acceptors (Lipinski definition) is 3. The smallest absolute Gasteiger partial charge is 0.220 e. The third kappa shape index (κ3) is 3.60. The van der Waals surface area contributed by atoms with E-state index in [9.17, 15) is 5.11 Å². The average molecular weight is 366 g/mol. The lowest BCUT2D eigenvalue weighted by Gasteiger charge is -2.07. The Bertz CT molecular complexity index is 991. The summed E-state index contributed by atoms with van der Waals surface area (Å²) in [5.41, 5.74) is 4.51. The van der Waals surface area contributed by atoms with E-state index in [0.29, 0.717) is 12.2 Å². The van der Waals surface area contributed by atoms with Gasteiger partial charge in [0.1, 0.15) is 0 Å². The third-order valence-corrected chi connectivity index (χ3v) is 4.42. The van der Waals surface area contributed by atoms with Gasteiger partial charge >= 0.3 is 0 Å². The molecule has 134 valence electrons. The van der Waals surface area contributed by atoms with E-state index in [1.807, 2.05) is 60.9 Å². The minimum absolute atomic E-state index is 0.117. The van der Waals surface area contributed by atoms with Gasteiger partial charge in [-0.05, 0) is 55.7 Å². The van der Waals surface area contributed by atoms with Gasteiger partial charge in [-0.25, -0.2) is 0 Å². The van der Waals surface area contributed by atoms with Crippen molar-refractivity contribution in [3.63, 3.8) is 0 Å². The number of hydrogen-bond donors (Lipinski definition) is 2. The number of anilines is 1. The number of benzene rings is 2. The molecule has 2 N–H and O–H groups in total. The van der Waals surface area contributed by atoms with E-state index >= 15 is 0 Å². The van der Waals surface area contributed by atoms with Gasteiger partial charge in [-0.2, -0.15) is 0 Å². The lowest BCUT2D eigenvalue weighted by Crippen LogP contribution is -2.06. The number of para-hydroxylation sites is 1. The number of nitrogens with zero attached hydrogens (tertiary/aromatic N) is 3. The molecule has 0 fully saturated rings. The van der Waals surface area contributed by atoms with Crippen molar-refractivity contribution in [1.29, 1.82) is 0 Å². The Balaban J connectivity index is 1.89. The summed E-state index contributed by atoms with van der Waals surface area (Å²) in [5, 5.41) is 23.1. The van der Waals surface area contributed by atoms with Crippen molar-refractivity contribution in [2.24, 2.45) is 10.2 Å². The zero-order valence-corrected chi connectivity index (χ0v) is 16.0. The second-order valence-electron chi connectivity index (χ2n) is 6.29. The van der Waals surface area contributed by atoms with Crippen LogP contribution in [-0.2, 0) is 6.54 Å². The minimum Gasteiger partial charge on any atom is -0.493 e. The zero-order valence-electron chi connectivity index (χ0n) is 15.2. The lowest BCUT2D eigenvalue weighted by atomic mass is 10.1. The Morgan fingerprint density at radius 2 is 1.96 bits per heavy atom. The standard InChI is InChI=1S/C20H22N4OS/c1-4-11-24-17-8-6-5-7-15(17)18(19(24)25)22-23-20(26)21-16-12-13(2)9-10-14(16)3/h5-10,12,25H,4,11H2,1-3H3,(H,21,26). The number of rotatable bonds is 4. The SMILES string of the molecule is CCCn1c(O)c(N=NC(=S)Nc2cc(C)ccc2C)c2ccccc21. The molecule has 0 aliphatic rings. The molecular formula is C20H22N4OS. The van der Waals surface area contributed by atoms with Gasteiger partial charge in [0.15, 0.2) is 5.69 Å². The van der Waals surface area contributed by atoms with E-state index in [1.54, 1.807) is 0 Å². The molecular weight excluding hydrogens is 344 g/mol. The van der Waals surface area contributed by atoms with E-state index < -0.39 is 0 Å². The van der Waals surface area contributed by atoms with E-state index in [4.69, 9.17) is 12.2 Å². The van der Waals surface area contributed by atoms with Crippen LogP contribution in [0.25, 0.3) is 10.9 Å². The maximum Gasteiger partial charge on any atom is 0.220 e. The molecule has 0 aliphatic heterocycles. The van der Waals surface area contributed by atoms with Crippen LogP contribution in [0.5, 0.6) is 5.88 Å². The van der Waals surface area contributed by atoms with Crippen molar-refractivity contribution in [2.75, 3.05) is 5.32 Å². The minimum atomic E-state index is 0.117. The predicted molar refractivity (Wildman–Crippen MR) is 111 cm³/mol. The van der Waals surface area contributed by atoms with Crippen molar-refractivity contribution in [3.05, 3.63) is 53.6 Å². The molecule has 1 aromatic heterocycles. The molecule has 0 bridgehead atoms. The predicted octanol–water partition coefficient (Wildman–Crippen LogP) is 5.85. The second kappa shape index (κ2) is 7.66. The summed E-state index contributed by atoms with van der Waals surface area (Å²) >= 11 is 5.30. The van der Waals surface area contributed by atoms with Crippen LogP contribution in [-0.4, -0.2) is 14.8 Å². The Labute approximate surface area is 158 Å². The molecule has 0 saturated heterocycles. The highest BCUT2D eigenvalue weighted by molar-refractivity contribution is 7.80. The Morgan fingerprint density at radius 3 is 2.73 bits per heavy atom. The van der Waals surface area contributed by atoms with Crippen LogP contribution in [0.3, 0.4) is 0 Å². The molecule has 0 atom stereocenters. The first-order valence-electron chi connectivity index (χ1n) is 8.61. The quantitative estimate of drug-likeness (QED) is 0.449. The number of aromatic hydroxyl groups is 1. The van der Waals surface area contributed by atoms with Gasteiger partial charge in [-0.1, -0.05) is 37.3 Å². The highest BCUT2D eigenvalue weighted by atomic mass is 32.1. The third-order valence-electron chi connectivity index (χ3n) is 4.24. The van der Waals surface area contributed by atoms with Crippen molar-refractivity contribution >= 4 is 39.6 Å². The van der Waals surface area contributed by atoms with Gasteiger partial charge in [0.05, 0.1) is 5.52 Å². The largest absolute Gasteiger partial charge is 0.493 e. The van der Waals surface area contributed by atoms with Crippen LogP contribution in [0, 0.1) is 13.8 Å². The Morgan fingerprint density at radius 1 is 1.19 bits per heavy atom. The number of aryl methyl sites for hydroxylation is 3. The Hall–Kier alpha value is -2.73. The molecule has 3 aromatic rings. The average Bonchev–Trinajstić information content (AvgIpc) is 2.89. The summed E-state index contributed by atoms with van der Waals surface area (Å²) < 4.78 is 1.85. The van der Waals surface area contributed by atoms with Crippen molar-refractivity contribution in [1.82, 2.24) is 4.57 Å². The zero-order chi connectivity index (χ0) is 18.7. The monoisotopic (exact) mass is 366 g/mol. The molecule has 2 aromatic carbocycles. The number of nitrogens with one attached hydrogen (secondary N) is 1.